The lowest BCUT2D eigenvalue weighted by molar-refractivity contribution is -0.123. The predicted octanol–water partition coefficient (Wildman–Crippen LogP) is 2.83. The molecule has 2 rings (SSSR count). The van der Waals surface area contributed by atoms with E-state index in [0.717, 1.165) is 18.4 Å². The minimum atomic E-state index is -0.769. The fourth-order valence-corrected chi connectivity index (χ4v) is 3.01. The van der Waals surface area contributed by atoms with Crippen LogP contribution in [-0.4, -0.2) is 23.0 Å². The summed E-state index contributed by atoms with van der Waals surface area (Å²) in [6, 6.07) is 7.28. The number of rotatable bonds is 3. The third-order valence-electron chi connectivity index (χ3n) is 3.69. The van der Waals surface area contributed by atoms with Crippen LogP contribution >= 0.6 is 23.2 Å². The molecule has 1 fully saturated rings. The Morgan fingerprint density at radius 2 is 2.26 bits per heavy atom. The van der Waals surface area contributed by atoms with Gasteiger partial charge >= 0.3 is 0 Å². The van der Waals surface area contributed by atoms with Gasteiger partial charge in [0.15, 0.2) is 0 Å². The normalized spacial score (nSPS) is 27.0. The Balaban J connectivity index is 2.40. The van der Waals surface area contributed by atoms with Gasteiger partial charge in [-0.1, -0.05) is 36.6 Å². The highest BCUT2D eigenvalue weighted by molar-refractivity contribution is 6.30. The molecule has 5 heteroatoms. The van der Waals surface area contributed by atoms with E-state index in [2.05, 4.69) is 5.32 Å². The molecule has 3 nitrogen and oxygen atoms in total. The number of amides is 1. The van der Waals surface area contributed by atoms with Crippen molar-refractivity contribution in [2.24, 2.45) is 0 Å². The first-order valence-corrected chi connectivity index (χ1v) is 7.31. The maximum atomic E-state index is 11.7. The second-order valence-electron chi connectivity index (χ2n) is 4.93. The van der Waals surface area contributed by atoms with Crippen LogP contribution in [0.3, 0.4) is 0 Å². The lowest BCUT2D eigenvalue weighted by atomic mass is 9.74. The summed E-state index contributed by atoms with van der Waals surface area (Å²) in [4.78, 5) is 11.7. The third-order valence-corrected chi connectivity index (χ3v) is 4.17. The number of benzene rings is 1. The zero-order valence-corrected chi connectivity index (χ0v) is 12.0. The maximum Gasteiger partial charge on any atom is 0.235 e. The van der Waals surface area contributed by atoms with Gasteiger partial charge in [0.25, 0.3) is 0 Å². The second kappa shape index (κ2) is 6.12. The summed E-state index contributed by atoms with van der Waals surface area (Å²) < 4.78 is 0. The molecule has 0 aliphatic heterocycles. The number of aliphatic hydroxyl groups is 1. The molecule has 1 aliphatic rings. The molecule has 1 aliphatic carbocycles. The molecule has 0 heterocycles. The van der Waals surface area contributed by atoms with Gasteiger partial charge in [0.05, 0.1) is 11.6 Å². The van der Waals surface area contributed by atoms with Gasteiger partial charge in [-0.05, 0) is 30.5 Å². The van der Waals surface area contributed by atoms with Crippen LogP contribution in [0.4, 0.5) is 0 Å². The van der Waals surface area contributed by atoms with Crippen molar-refractivity contribution in [3.05, 3.63) is 34.9 Å². The molecule has 0 radical (unpaired) electrons. The van der Waals surface area contributed by atoms with Gasteiger partial charge in [-0.25, -0.2) is 0 Å². The van der Waals surface area contributed by atoms with Crippen LogP contribution in [0.25, 0.3) is 0 Å². The predicted molar refractivity (Wildman–Crippen MR) is 76.5 cm³/mol. The fraction of sp³-hybridized carbons (Fsp3) is 0.500. The monoisotopic (exact) mass is 301 g/mol. The highest BCUT2D eigenvalue weighted by Crippen LogP contribution is 2.38. The molecule has 104 valence electrons. The van der Waals surface area contributed by atoms with Crippen molar-refractivity contribution in [2.45, 2.75) is 37.3 Å². The van der Waals surface area contributed by atoms with Crippen LogP contribution in [0.2, 0.25) is 5.02 Å². The Morgan fingerprint density at radius 1 is 1.47 bits per heavy atom. The van der Waals surface area contributed by atoms with Crippen LogP contribution in [-0.2, 0) is 10.3 Å². The van der Waals surface area contributed by atoms with E-state index in [-0.39, 0.29) is 11.8 Å². The summed E-state index contributed by atoms with van der Waals surface area (Å²) in [5, 5.41) is 13.9. The maximum absolute atomic E-state index is 11.7. The number of alkyl halides is 1. The number of hydrogen-bond acceptors (Lipinski definition) is 2. The van der Waals surface area contributed by atoms with E-state index >= 15 is 0 Å². The van der Waals surface area contributed by atoms with Crippen LogP contribution in [0.5, 0.6) is 0 Å². The summed E-state index contributed by atoms with van der Waals surface area (Å²) in [7, 11) is 0. The zero-order valence-electron chi connectivity index (χ0n) is 10.5. The van der Waals surface area contributed by atoms with Crippen LogP contribution < -0.4 is 5.32 Å². The van der Waals surface area contributed by atoms with Crippen molar-refractivity contribution in [2.75, 3.05) is 5.88 Å². The van der Waals surface area contributed by atoms with Crippen LogP contribution in [0.1, 0.15) is 31.2 Å². The Kier molecular flexibility index (Phi) is 4.71. The SMILES string of the molecule is O=C(CCl)N[C@]1(c2cccc(Cl)c2)CCCC[C@@H]1O. The molecule has 2 atom stereocenters. The van der Waals surface area contributed by atoms with Crippen molar-refractivity contribution in [1.29, 1.82) is 0 Å². The lowest BCUT2D eigenvalue weighted by Crippen LogP contribution is -2.55. The Hall–Kier alpha value is -0.770. The number of carbonyl (C=O) groups is 1. The molecular weight excluding hydrogens is 285 g/mol. The van der Waals surface area contributed by atoms with Gasteiger partial charge in [-0.15, -0.1) is 11.6 Å². The first-order valence-electron chi connectivity index (χ1n) is 6.39. The van der Waals surface area contributed by atoms with Gasteiger partial charge < -0.3 is 10.4 Å². The van der Waals surface area contributed by atoms with E-state index in [0.29, 0.717) is 17.9 Å². The average molecular weight is 302 g/mol. The van der Waals surface area contributed by atoms with E-state index in [1.54, 1.807) is 12.1 Å². The molecule has 0 unspecified atom stereocenters. The van der Waals surface area contributed by atoms with Gasteiger partial charge in [0.2, 0.25) is 5.91 Å². The molecule has 0 saturated heterocycles. The second-order valence-corrected chi connectivity index (χ2v) is 5.63. The van der Waals surface area contributed by atoms with E-state index in [9.17, 15) is 9.90 Å². The Morgan fingerprint density at radius 3 is 2.89 bits per heavy atom. The smallest absolute Gasteiger partial charge is 0.235 e. The van der Waals surface area contributed by atoms with Crippen molar-refractivity contribution in [3.63, 3.8) is 0 Å². The standard InChI is InChI=1S/C14H17Cl2NO2/c15-9-13(19)17-14(7-2-1-6-12(14)18)10-4-3-5-11(16)8-10/h3-5,8,12,18H,1-2,6-7,9H2,(H,17,19)/t12-,14-/m0/s1. The van der Waals surface area contributed by atoms with Crippen molar-refractivity contribution in [1.82, 2.24) is 5.32 Å². The summed E-state index contributed by atoms with van der Waals surface area (Å²) in [5.41, 5.74) is 0.0699. The minimum Gasteiger partial charge on any atom is -0.390 e. The summed E-state index contributed by atoms with van der Waals surface area (Å²) >= 11 is 11.6. The molecule has 2 N–H and O–H groups in total. The summed E-state index contributed by atoms with van der Waals surface area (Å²) in [6.07, 6.45) is 2.64. The first-order chi connectivity index (χ1) is 9.08. The third kappa shape index (κ3) is 3.04. The molecule has 1 aromatic rings. The first kappa shape index (κ1) is 14.6. The molecule has 0 bridgehead atoms. The van der Waals surface area contributed by atoms with Crippen molar-refractivity contribution < 1.29 is 9.90 Å². The highest BCUT2D eigenvalue weighted by atomic mass is 35.5. The topological polar surface area (TPSA) is 49.3 Å². The Labute approximate surface area is 122 Å². The van der Waals surface area contributed by atoms with Gasteiger partial charge in [-0.3, -0.25) is 4.79 Å². The van der Waals surface area contributed by atoms with E-state index in [1.165, 1.54) is 0 Å². The Bertz CT molecular complexity index is 467. The number of carbonyl (C=O) groups excluding carboxylic acids is 1. The summed E-state index contributed by atoms with van der Waals surface area (Å²) in [6.45, 7) is 0. The van der Waals surface area contributed by atoms with E-state index in [4.69, 9.17) is 23.2 Å². The number of nitrogens with one attached hydrogen (secondary N) is 1. The molecule has 1 amide bonds. The molecule has 19 heavy (non-hydrogen) atoms. The molecular formula is C14H17Cl2NO2. The van der Waals surface area contributed by atoms with Gasteiger partial charge in [0.1, 0.15) is 5.88 Å². The number of aliphatic hydroxyl groups excluding tert-OH is 1. The van der Waals surface area contributed by atoms with E-state index in [1.807, 2.05) is 12.1 Å². The van der Waals surface area contributed by atoms with Crippen LogP contribution in [0.15, 0.2) is 24.3 Å². The minimum absolute atomic E-state index is 0.116. The van der Waals surface area contributed by atoms with Gasteiger partial charge in [-0.2, -0.15) is 0 Å². The molecule has 1 saturated carbocycles. The van der Waals surface area contributed by atoms with Crippen LogP contribution in [0, 0.1) is 0 Å². The zero-order chi connectivity index (χ0) is 13.9. The molecule has 1 aromatic carbocycles. The van der Waals surface area contributed by atoms with Crippen molar-refractivity contribution >= 4 is 29.1 Å². The highest BCUT2D eigenvalue weighted by Gasteiger charge is 2.42. The van der Waals surface area contributed by atoms with Gasteiger partial charge in [0, 0.05) is 5.02 Å². The quantitative estimate of drug-likeness (QED) is 0.844. The number of halogens is 2. The lowest BCUT2D eigenvalue weighted by Gasteiger charge is -2.42. The average Bonchev–Trinajstić information content (AvgIpc) is 2.41. The fourth-order valence-electron chi connectivity index (χ4n) is 2.76. The number of hydrogen-bond donors (Lipinski definition) is 2. The summed E-state index contributed by atoms with van der Waals surface area (Å²) in [5.74, 6) is -0.391. The largest absolute Gasteiger partial charge is 0.390 e. The molecule has 0 aromatic heterocycles. The molecule has 0 spiro atoms. The van der Waals surface area contributed by atoms with Crippen molar-refractivity contribution in [3.8, 4) is 0 Å². The van der Waals surface area contributed by atoms with E-state index < -0.39 is 11.6 Å².